The molecular weight excluding hydrogens is 368 g/mol. The van der Waals surface area contributed by atoms with Crippen molar-refractivity contribution in [3.63, 3.8) is 0 Å². The van der Waals surface area contributed by atoms with Gasteiger partial charge in [-0.15, -0.1) is 16.4 Å². The summed E-state index contributed by atoms with van der Waals surface area (Å²) < 4.78 is 9.60. The molecule has 0 atom stereocenters. The van der Waals surface area contributed by atoms with Crippen molar-refractivity contribution in [1.82, 2.24) is 28.9 Å². The molecular formula is C17H18N6O3S. The lowest BCUT2D eigenvalue weighted by molar-refractivity contribution is 0.434. The predicted octanol–water partition coefficient (Wildman–Crippen LogP) is 1.42. The van der Waals surface area contributed by atoms with Gasteiger partial charge in [-0.1, -0.05) is 0 Å². The molecule has 0 saturated carbocycles. The van der Waals surface area contributed by atoms with Gasteiger partial charge in [0.1, 0.15) is 12.9 Å². The molecule has 0 unspecified atom stereocenters. The molecule has 140 valence electrons. The van der Waals surface area contributed by atoms with Crippen LogP contribution in [0.2, 0.25) is 0 Å². The van der Waals surface area contributed by atoms with Crippen LogP contribution in [0, 0.1) is 6.92 Å². The van der Waals surface area contributed by atoms with Crippen molar-refractivity contribution in [1.29, 1.82) is 0 Å². The van der Waals surface area contributed by atoms with Gasteiger partial charge in [0.05, 0.1) is 12.9 Å². The smallest absolute Gasteiger partial charge is 0.390 e. The highest BCUT2D eigenvalue weighted by atomic mass is 32.1. The van der Waals surface area contributed by atoms with E-state index < -0.39 is 5.76 Å². The Morgan fingerprint density at radius 1 is 1.15 bits per heavy atom. The Morgan fingerprint density at radius 3 is 2.63 bits per heavy atom. The van der Waals surface area contributed by atoms with Crippen LogP contribution in [0.25, 0.3) is 11.2 Å². The number of aromatic nitrogens is 6. The van der Waals surface area contributed by atoms with Crippen LogP contribution < -0.4 is 11.3 Å². The number of imidazole rings is 1. The zero-order chi connectivity index (χ0) is 19.0. The first kappa shape index (κ1) is 17.4. The van der Waals surface area contributed by atoms with E-state index in [1.807, 2.05) is 26.0 Å². The van der Waals surface area contributed by atoms with Gasteiger partial charge in [-0.25, -0.2) is 14.8 Å². The lowest BCUT2D eigenvalue weighted by atomic mass is 10.3. The number of rotatable bonds is 6. The van der Waals surface area contributed by atoms with Crippen LogP contribution in [0.3, 0.4) is 0 Å². The van der Waals surface area contributed by atoms with Gasteiger partial charge >= 0.3 is 5.76 Å². The van der Waals surface area contributed by atoms with E-state index in [1.165, 1.54) is 25.3 Å². The Labute approximate surface area is 157 Å². The first-order chi connectivity index (χ1) is 13.0. The second-order valence-electron chi connectivity index (χ2n) is 6.13. The van der Waals surface area contributed by atoms with Crippen molar-refractivity contribution in [2.24, 2.45) is 0 Å². The average Bonchev–Trinajstić information content (AvgIpc) is 3.34. The Morgan fingerprint density at radius 2 is 1.93 bits per heavy atom. The number of aryl methyl sites for hydroxylation is 4. The van der Waals surface area contributed by atoms with Crippen molar-refractivity contribution in [2.75, 3.05) is 0 Å². The van der Waals surface area contributed by atoms with Crippen LogP contribution in [0.5, 0.6) is 0 Å². The number of thiophene rings is 1. The van der Waals surface area contributed by atoms with E-state index in [0.717, 1.165) is 0 Å². The minimum atomic E-state index is -0.529. The van der Waals surface area contributed by atoms with E-state index in [1.54, 1.807) is 22.2 Å². The molecule has 0 N–H and O–H groups in total. The Hall–Kier alpha value is -3.01. The summed E-state index contributed by atoms with van der Waals surface area (Å²) in [4.78, 5) is 35.4. The zero-order valence-electron chi connectivity index (χ0n) is 15.0. The maximum atomic E-state index is 12.7. The van der Waals surface area contributed by atoms with Crippen LogP contribution in [0.1, 0.15) is 22.6 Å². The SMILES string of the molecule is CCn1cnc2ncn(Cc3nn(CCc4ccc(C)s4)c(=O)o3)c(=O)c21. The van der Waals surface area contributed by atoms with Crippen molar-refractivity contribution in [2.45, 2.75) is 39.9 Å². The van der Waals surface area contributed by atoms with E-state index in [0.29, 0.717) is 30.7 Å². The van der Waals surface area contributed by atoms with Crippen molar-refractivity contribution < 1.29 is 4.42 Å². The van der Waals surface area contributed by atoms with Crippen LogP contribution >= 0.6 is 11.3 Å². The Balaban J connectivity index is 1.56. The van der Waals surface area contributed by atoms with E-state index >= 15 is 0 Å². The predicted molar refractivity (Wildman–Crippen MR) is 100 cm³/mol. The fourth-order valence-corrected chi connectivity index (χ4v) is 3.76. The maximum Gasteiger partial charge on any atom is 0.437 e. The normalized spacial score (nSPS) is 11.5. The molecule has 0 spiro atoms. The number of hydrogen-bond donors (Lipinski definition) is 0. The third-order valence-corrected chi connectivity index (χ3v) is 5.32. The van der Waals surface area contributed by atoms with Crippen LogP contribution in [-0.4, -0.2) is 28.9 Å². The summed E-state index contributed by atoms with van der Waals surface area (Å²) in [7, 11) is 0. The molecule has 0 fully saturated rings. The minimum absolute atomic E-state index is 0.0387. The van der Waals surface area contributed by atoms with Gasteiger partial charge in [-0.05, 0) is 26.0 Å². The highest BCUT2D eigenvalue weighted by molar-refractivity contribution is 7.11. The monoisotopic (exact) mass is 386 g/mol. The standard InChI is InChI=1S/C17H18N6O3S/c1-3-21-9-18-15-14(21)16(24)22(10-19-15)8-13-20-23(17(25)26-13)7-6-12-5-4-11(2)27-12/h4-5,9-10H,3,6-8H2,1-2H3. The fraction of sp³-hybridized carbons (Fsp3) is 0.353. The van der Waals surface area contributed by atoms with Gasteiger partial charge in [-0.2, -0.15) is 4.68 Å². The summed E-state index contributed by atoms with van der Waals surface area (Å²) in [6.07, 6.45) is 3.68. The van der Waals surface area contributed by atoms with Gasteiger partial charge in [0.25, 0.3) is 5.56 Å². The number of hydrogen-bond acceptors (Lipinski definition) is 7. The molecule has 0 radical (unpaired) electrons. The number of fused-ring (bicyclic) bond motifs is 1. The van der Waals surface area contributed by atoms with Crippen molar-refractivity contribution in [3.8, 4) is 0 Å². The highest BCUT2D eigenvalue weighted by Crippen LogP contribution is 2.15. The van der Waals surface area contributed by atoms with E-state index in [9.17, 15) is 9.59 Å². The maximum absolute atomic E-state index is 12.7. The molecule has 4 heterocycles. The Bertz CT molecular complexity index is 1210. The van der Waals surface area contributed by atoms with Gasteiger partial charge in [0.2, 0.25) is 5.89 Å². The minimum Gasteiger partial charge on any atom is -0.390 e. The summed E-state index contributed by atoms with van der Waals surface area (Å²) >= 11 is 1.69. The molecule has 27 heavy (non-hydrogen) atoms. The Kier molecular flexibility index (Phi) is 4.48. The molecule has 10 heteroatoms. The molecule has 0 aliphatic carbocycles. The van der Waals surface area contributed by atoms with Gasteiger partial charge in [-0.3, -0.25) is 9.36 Å². The topological polar surface area (TPSA) is 101 Å². The molecule has 4 aromatic heterocycles. The van der Waals surface area contributed by atoms with Gasteiger partial charge in [0.15, 0.2) is 11.2 Å². The van der Waals surface area contributed by atoms with Gasteiger partial charge < -0.3 is 8.98 Å². The van der Waals surface area contributed by atoms with E-state index in [2.05, 4.69) is 15.1 Å². The quantitative estimate of drug-likeness (QED) is 0.497. The first-order valence-electron chi connectivity index (χ1n) is 8.57. The van der Waals surface area contributed by atoms with Crippen molar-refractivity contribution in [3.05, 3.63) is 61.3 Å². The van der Waals surface area contributed by atoms with Crippen LogP contribution in [0.15, 0.2) is 38.8 Å². The molecule has 0 aromatic carbocycles. The molecule has 0 bridgehead atoms. The van der Waals surface area contributed by atoms with E-state index in [4.69, 9.17) is 4.42 Å². The highest BCUT2D eigenvalue weighted by Gasteiger charge is 2.14. The second kappa shape index (κ2) is 6.95. The molecule has 0 amide bonds. The molecule has 0 saturated heterocycles. The average molecular weight is 386 g/mol. The summed E-state index contributed by atoms with van der Waals surface area (Å²) in [5.41, 5.74) is 0.580. The molecule has 0 aliphatic heterocycles. The fourth-order valence-electron chi connectivity index (χ4n) is 2.89. The molecule has 4 aromatic rings. The van der Waals surface area contributed by atoms with E-state index in [-0.39, 0.29) is 18.0 Å². The van der Waals surface area contributed by atoms with Crippen molar-refractivity contribution >= 4 is 22.5 Å². The van der Waals surface area contributed by atoms with Crippen LogP contribution in [-0.2, 0) is 26.1 Å². The zero-order valence-corrected chi connectivity index (χ0v) is 15.8. The molecule has 9 nitrogen and oxygen atoms in total. The summed E-state index contributed by atoms with van der Waals surface area (Å²) in [6.45, 7) is 5.05. The summed E-state index contributed by atoms with van der Waals surface area (Å²) in [5, 5.41) is 4.21. The molecule has 4 rings (SSSR count). The summed E-state index contributed by atoms with van der Waals surface area (Å²) in [6, 6.07) is 4.09. The third kappa shape index (κ3) is 3.35. The summed E-state index contributed by atoms with van der Waals surface area (Å²) in [5.74, 6) is -0.355. The lowest BCUT2D eigenvalue weighted by Crippen LogP contribution is -2.23. The number of nitrogens with zero attached hydrogens (tertiary/aromatic N) is 6. The van der Waals surface area contributed by atoms with Crippen LogP contribution in [0.4, 0.5) is 0 Å². The largest absolute Gasteiger partial charge is 0.437 e. The lowest BCUT2D eigenvalue weighted by Gasteiger charge is -2.03. The molecule has 0 aliphatic rings. The third-order valence-electron chi connectivity index (χ3n) is 4.26. The first-order valence-corrected chi connectivity index (χ1v) is 9.39. The second-order valence-corrected chi connectivity index (χ2v) is 7.50. The van der Waals surface area contributed by atoms with Gasteiger partial charge in [0, 0.05) is 22.7 Å².